The Morgan fingerprint density at radius 2 is 2.16 bits per heavy atom. The number of carbonyl (C=O) groups is 1. The van der Waals surface area contributed by atoms with Crippen LogP contribution in [0.3, 0.4) is 0 Å². The summed E-state index contributed by atoms with van der Waals surface area (Å²) >= 11 is 1.38. The van der Waals surface area contributed by atoms with Crippen molar-refractivity contribution in [2.24, 2.45) is 0 Å². The predicted octanol–water partition coefficient (Wildman–Crippen LogP) is 2.54. The first kappa shape index (κ1) is 13.5. The maximum absolute atomic E-state index is 11.2. The molecule has 0 spiro atoms. The van der Waals surface area contributed by atoms with Crippen molar-refractivity contribution >= 4 is 23.4 Å². The second kappa shape index (κ2) is 6.31. The van der Waals surface area contributed by atoms with Crippen molar-refractivity contribution in [1.82, 2.24) is 4.57 Å². The van der Waals surface area contributed by atoms with E-state index in [-0.39, 0.29) is 11.7 Å². The van der Waals surface area contributed by atoms with Gasteiger partial charge in [0.15, 0.2) is 0 Å². The van der Waals surface area contributed by atoms with E-state index in [0.29, 0.717) is 5.69 Å². The number of nitrogens with zero attached hydrogens (tertiary/aromatic N) is 1. The number of hydrogen-bond acceptors (Lipinski definition) is 5. The van der Waals surface area contributed by atoms with Crippen LogP contribution in [0.15, 0.2) is 47.6 Å². The number of benzene rings is 1. The fourth-order valence-electron chi connectivity index (χ4n) is 1.65. The standard InChI is InChI=1S/C13H14N2O3S/c1-18-13(16)9-19-12-7-4-8-15(12)11-6-3-2-5-10(11)14-17/h2-8,14,17H,9H2,1H3. The van der Waals surface area contributed by atoms with Crippen LogP contribution in [0.1, 0.15) is 0 Å². The molecule has 0 aliphatic rings. The smallest absolute Gasteiger partial charge is 0.316 e. The average molecular weight is 278 g/mol. The van der Waals surface area contributed by atoms with Crippen molar-refractivity contribution in [3.8, 4) is 5.69 Å². The van der Waals surface area contributed by atoms with Crippen LogP contribution in [0.4, 0.5) is 5.69 Å². The highest BCUT2D eigenvalue weighted by molar-refractivity contribution is 7.99. The van der Waals surface area contributed by atoms with Gasteiger partial charge in [0, 0.05) is 6.20 Å². The lowest BCUT2D eigenvalue weighted by molar-refractivity contribution is -0.137. The van der Waals surface area contributed by atoms with Gasteiger partial charge in [-0.05, 0) is 24.3 Å². The van der Waals surface area contributed by atoms with Crippen LogP contribution in [0.5, 0.6) is 0 Å². The van der Waals surface area contributed by atoms with Crippen molar-refractivity contribution in [3.63, 3.8) is 0 Å². The van der Waals surface area contributed by atoms with Gasteiger partial charge in [-0.1, -0.05) is 23.9 Å². The van der Waals surface area contributed by atoms with E-state index in [0.717, 1.165) is 10.7 Å². The largest absolute Gasteiger partial charge is 0.468 e. The molecule has 0 amide bonds. The van der Waals surface area contributed by atoms with Crippen molar-refractivity contribution in [2.45, 2.75) is 5.03 Å². The van der Waals surface area contributed by atoms with Crippen molar-refractivity contribution in [2.75, 3.05) is 18.3 Å². The van der Waals surface area contributed by atoms with Gasteiger partial charge < -0.3 is 9.30 Å². The molecule has 100 valence electrons. The second-order valence-corrected chi connectivity index (χ2v) is 4.71. The first-order valence-electron chi connectivity index (χ1n) is 5.62. The Labute approximate surface area is 115 Å². The third-order valence-corrected chi connectivity index (χ3v) is 3.57. The molecule has 0 atom stereocenters. The monoisotopic (exact) mass is 278 g/mol. The van der Waals surface area contributed by atoms with Crippen LogP contribution in [-0.2, 0) is 9.53 Å². The molecule has 0 saturated carbocycles. The van der Waals surface area contributed by atoms with Gasteiger partial charge in [0.25, 0.3) is 0 Å². The van der Waals surface area contributed by atoms with Crippen LogP contribution < -0.4 is 5.48 Å². The SMILES string of the molecule is COC(=O)CSc1cccn1-c1ccccc1NO. The maximum Gasteiger partial charge on any atom is 0.316 e. The van der Waals surface area contributed by atoms with E-state index in [9.17, 15) is 4.79 Å². The summed E-state index contributed by atoms with van der Waals surface area (Å²) in [5.74, 6) is -0.0267. The topological polar surface area (TPSA) is 63.5 Å². The molecule has 2 N–H and O–H groups in total. The predicted molar refractivity (Wildman–Crippen MR) is 73.9 cm³/mol. The number of nitrogens with one attached hydrogen (secondary N) is 1. The molecule has 0 fully saturated rings. The fourth-order valence-corrected chi connectivity index (χ4v) is 2.51. The van der Waals surface area contributed by atoms with Crippen molar-refractivity contribution < 1.29 is 14.7 Å². The van der Waals surface area contributed by atoms with Crippen LogP contribution in [0.25, 0.3) is 5.69 Å². The average Bonchev–Trinajstić information content (AvgIpc) is 2.92. The van der Waals surface area contributed by atoms with Crippen LogP contribution in [0, 0.1) is 0 Å². The van der Waals surface area contributed by atoms with E-state index >= 15 is 0 Å². The molecule has 5 nitrogen and oxygen atoms in total. The molecular formula is C13H14N2O3S. The molecule has 0 aliphatic heterocycles. The Hall–Kier alpha value is -1.92. The summed E-state index contributed by atoms with van der Waals surface area (Å²) in [7, 11) is 1.37. The lowest BCUT2D eigenvalue weighted by Gasteiger charge is -2.12. The second-order valence-electron chi connectivity index (χ2n) is 3.71. The Morgan fingerprint density at radius 1 is 1.37 bits per heavy atom. The van der Waals surface area contributed by atoms with E-state index in [1.807, 2.05) is 41.1 Å². The lowest BCUT2D eigenvalue weighted by Crippen LogP contribution is -2.05. The molecule has 0 radical (unpaired) electrons. The van der Waals surface area contributed by atoms with Gasteiger partial charge >= 0.3 is 5.97 Å². The van der Waals surface area contributed by atoms with Gasteiger partial charge in [-0.3, -0.25) is 15.5 Å². The molecule has 0 bridgehead atoms. The highest BCUT2D eigenvalue weighted by atomic mass is 32.2. The number of ether oxygens (including phenoxy) is 1. The number of rotatable bonds is 5. The third kappa shape index (κ3) is 3.10. The minimum atomic E-state index is -0.272. The molecule has 6 heteroatoms. The van der Waals surface area contributed by atoms with Gasteiger partial charge in [0.05, 0.1) is 29.3 Å². The summed E-state index contributed by atoms with van der Waals surface area (Å²) in [6, 6.07) is 11.1. The highest BCUT2D eigenvalue weighted by Crippen LogP contribution is 2.27. The number of anilines is 1. The third-order valence-electron chi connectivity index (χ3n) is 2.56. The minimum absolute atomic E-state index is 0.245. The van der Waals surface area contributed by atoms with E-state index in [1.54, 1.807) is 6.07 Å². The zero-order valence-corrected chi connectivity index (χ0v) is 11.2. The van der Waals surface area contributed by atoms with Crippen LogP contribution >= 0.6 is 11.8 Å². The Balaban J connectivity index is 2.26. The van der Waals surface area contributed by atoms with Gasteiger partial charge in [-0.25, -0.2) is 0 Å². The minimum Gasteiger partial charge on any atom is -0.468 e. The van der Waals surface area contributed by atoms with Crippen molar-refractivity contribution in [3.05, 3.63) is 42.6 Å². The Bertz CT molecular complexity index is 569. The summed E-state index contributed by atoms with van der Waals surface area (Å²) in [4.78, 5) is 11.2. The molecule has 0 unspecified atom stereocenters. The summed E-state index contributed by atoms with van der Waals surface area (Å²) in [6.07, 6.45) is 1.87. The summed E-state index contributed by atoms with van der Waals surface area (Å²) in [5, 5.41) is 10.0. The number of aromatic nitrogens is 1. The number of methoxy groups -OCH3 is 1. The Kier molecular flexibility index (Phi) is 4.48. The molecule has 2 aromatic rings. The number of esters is 1. The number of carbonyl (C=O) groups excluding carboxylic acids is 1. The quantitative estimate of drug-likeness (QED) is 0.500. The first-order valence-corrected chi connectivity index (χ1v) is 6.61. The van der Waals surface area contributed by atoms with Gasteiger partial charge in [0.2, 0.25) is 0 Å². The molecular weight excluding hydrogens is 264 g/mol. The summed E-state index contributed by atoms with van der Waals surface area (Å²) in [5.41, 5.74) is 3.57. The molecule has 1 aromatic carbocycles. The number of para-hydroxylation sites is 2. The molecule has 1 heterocycles. The van der Waals surface area contributed by atoms with Gasteiger partial charge in [0.1, 0.15) is 0 Å². The molecule has 0 saturated heterocycles. The van der Waals surface area contributed by atoms with Crippen LogP contribution in [-0.4, -0.2) is 28.6 Å². The zero-order valence-electron chi connectivity index (χ0n) is 10.4. The molecule has 2 rings (SSSR count). The highest BCUT2D eigenvalue weighted by Gasteiger charge is 2.09. The fraction of sp³-hybridized carbons (Fsp3) is 0.154. The van der Waals surface area contributed by atoms with E-state index in [2.05, 4.69) is 10.2 Å². The van der Waals surface area contributed by atoms with E-state index < -0.39 is 0 Å². The molecule has 1 aromatic heterocycles. The lowest BCUT2D eigenvalue weighted by atomic mass is 10.2. The molecule has 0 aliphatic carbocycles. The maximum atomic E-state index is 11.2. The summed E-state index contributed by atoms with van der Waals surface area (Å²) in [6.45, 7) is 0. The Morgan fingerprint density at radius 3 is 2.89 bits per heavy atom. The number of thioether (sulfide) groups is 1. The van der Waals surface area contributed by atoms with Gasteiger partial charge in [-0.15, -0.1) is 0 Å². The normalized spacial score (nSPS) is 10.2. The first-order chi connectivity index (χ1) is 9.26. The molecule has 19 heavy (non-hydrogen) atoms. The zero-order chi connectivity index (χ0) is 13.7. The van der Waals surface area contributed by atoms with Gasteiger partial charge in [-0.2, -0.15) is 0 Å². The number of hydrogen-bond donors (Lipinski definition) is 2. The van der Waals surface area contributed by atoms with Crippen LogP contribution in [0.2, 0.25) is 0 Å². The van der Waals surface area contributed by atoms with E-state index in [4.69, 9.17) is 5.21 Å². The van der Waals surface area contributed by atoms with Crippen molar-refractivity contribution in [1.29, 1.82) is 0 Å². The van der Waals surface area contributed by atoms with E-state index in [1.165, 1.54) is 18.9 Å². The summed E-state index contributed by atoms with van der Waals surface area (Å²) < 4.78 is 6.51.